The molecule has 1 N–H and O–H groups in total. The summed E-state index contributed by atoms with van der Waals surface area (Å²) in [6, 6.07) is 5.52. The summed E-state index contributed by atoms with van der Waals surface area (Å²) in [6.45, 7) is 2.02. The average Bonchev–Trinajstić information content (AvgIpc) is 2.95. The number of benzene rings is 1. The number of hydrogen-bond donors (Lipinski definition) is 1. The van der Waals surface area contributed by atoms with Gasteiger partial charge in [-0.25, -0.2) is 4.98 Å². The molecule has 0 saturated heterocycles. The van der Waals surface area contributed by atoms with Crippen LogP contribution in [0.25, 0.3) is 0 Å². The Balaban J connectivity index is 1.81. The van der Waals surface area contributed by atoms with Crippen LogP contribution in [0.1, 0.15) is 22.8 Å². The monoisotopic (exact) mass is 260 g/mol. The second-order valence-corrected chi connectivity index (χ2v) is 5.14. The van der Waals surface area contributed by atoms with Crippen LogP contribution in [-0.4, -0.2) is 17.0 Å². The molecule has 1 amide bonds. The van der Waals surface area contributed by atoms with E-state index in [2.05, 4.69) is 10.3 Å². The molecule has 1 atom stereocenters. The van der Waals surface area contributed by atoms with Crippen molar-refractivity contribution in [3.05, 3.63) is 40.9 Å². The van der Waals surface area contributed by atoms with E-state index in [1.165, 1.54) is 11.3 Å². The zero-order chi connectivity index (χ0) is 12.5. The molecule has 1 aliphatic heterocycles. The predicted molar refractivity (Wildman–Crippen MR) is 70.3 cm³/mol. The first kappa shape index (κ1) is 11.2. The molecule has 4 nitrogen and oxygen atoms in total. The Morgan fingerprint density at radius 2 is 2.44 bits per heavy atom. The fourth-order valence-electron chi connectivity index (χ4n) is 2.02. The Kier molecular flexibility index (Phi) is 2.76. The third kappa shape index (κ3) is 2.09. The van der Waals surface area contributed by atoms with Gasteiger partial charge in [0.25, 0.3) is 5.91 Å². The zero-order valence-electron chi connectivity index (χ0n) is 9.84. The van der Waals surface area contributed by atoms with E-state index in [0.29, 0.717) is 10.7 Å². The molecule has 1 unspecified atom stereocenters. The molecule has 2 aromatic rings. The molecular formula is C13H12N2O2S. The third-order valence-electron chi connectivity index (χ3n) is 2.81. The number of nitrogens with zero attached hydrogens (tertiary/aromatic N) is 1. The molecule has 0 saturated carbocycles. The lowest BCUT2D eigenvalue weighted by atomic mass is 10.1. The van der Waals surface area contributed by atoms with Gasteiger partial charge in [0.05, 0.1) is 0 Å². The fourth-order valence-corrected chi connectivity index (χ4v) is 2.54. The second kappa shape index (κ2) is 4.42. The van der Waals surface area contributed by atoms with Crippen molar-refractivity contribution in [2.24, 2.45) is 0 Å². The lowest BCUT2D eigenvalue weighted by Crippen LogP contribution is -2.11. The third-order valence-corrected chi connectivity index (χ3v) is 3.50. The number of carbonyl (C=O) groups excluding carboxylic acids is 1. The number of anilines is 1. The van der Waals surface area contributed by atoms with E-state index in [4.69, 9.17) is 4.74 Å². The summed E-state index contributed by atoms with van der Waals surface area (Å²) >= 11 is 1.40. The van der Waals surface area contributed by atoms with E-state index in [9.17, 15) is 4.79 Å². The number of hydrogen-bond acceptors (Lipinski definition) is 4. The largest absolute Gasteiger partial charge is 0.490 e. The fraction of sp³-hybridized carbons (Fsp3) is 0.231. The van der Waals surface area contributed by atoms with Crippen molar-refractivity contribution in [1.82, 2.24) is 4.98 Å². The van der Waals surface area contributed by atoms with Gasteiger partial charge in [-0.3, -0.25) is 10.1 Å². The Hall–Kier alpha value is -1.88. The van der Waals surface area contributed by atoms with Gasteiger partial charge in [-0.15, -0.1) is 11.3 Å². The number of aromatic nitrogens is 1. The van der Waals surface area contributed by atoms with Gasteiger partial charge < -0.3 is 4.74 Å². The summed E-state index contributed by atoms with van der Waals surface area (Å²) in [5, 5.41) is 5.21. The van der Waals surface area contributed by atoms with E-state index in [1.54, 1.807) is 12.3 Å². The van der Waals surface area contributed by atoms with E-state index >= 15 is 0 Å². The Bertz CT molecular complexity index is 581. The highest BCUT2D eigenvalue weighted by Crippen LogP contribution is 2.29. The number of amides is 1. The number of nitrogens with one attached hydrogen (secondary N) is 1. The molecule has 0 spiro atoms. The Morgan fingerprint density at radius 3 is 3.22 bits per heavy atom. The van der Waals surface area contributed by atoms with Crippen molar-refractivity contribution >= 4 is 22.4 Å². The van der Waals surface area contributed by atoms with Crippen LogP contribution in [-0.2, 0) is 6.42 Å². The maximum atomic E-state index is 12.0. The van der Waals surface area contributed by atoms with Gasteiger partial charge in [0.15, 0.2) is 5.13 Å². The normalized spacial score (nSPS) is 17.1. The minimum absolute atomic E-state index is 0.132. The van der Waals surface area contributed by atoms with Crippen LogP contribution in [0, 0.1) is 0 Å². The number of thiazole rings is 1. The molecule has 92 valence electrons. The van der Waals surface area contributed by atoms with Crippen LogP contribution in [0.3, 0.4) is 0 Å². The van der Waals surface area contributed by atoms with Crippen LogP contribution >= 0.6 is 11.3 Å². The molecule has 0 aliphatic carbocycles. The van der Waals surface area contributed by atoms with E-state index in [1.807, 2.05) is 24.4 Å². The van der Waals surface area contributed by atoms with Crippen LogP contribution in [0.5, 0.6) is 5.75 Å². The average molecular weight is 260 g/mol. The molecule has 2 heterocycles. The standard InChI is InChI=1S/C13H12N2O2S/c1-8-6-10-7-9(2-3-11(10)17-8)12(16)15-13-14-4-5-18-13/h2-5,7-8H,6H2,1H3,(H,14,15,16). The van der Waals surface area contributed by atoms with Gasteiger partial charge in [0.2, 0.25) is 0 Å². The quantitative estimate of drug-likeness (QED) is 0.903. The van der Waals surface area contributed by atoms with Gasteiger partial charge >= 0.3 is 0 Å². The second-order valence-electron chi connectivity index (χ2n) is 4.25. The summed E-state index contributed by atoms with van der Waals surface area (Å²) < 4.78 is 5.61. The molecule has 0 bridgehead atoms. The summed E-state index contributed by atoms with van der Waals surface area (Å²) in [5.74, 6) is 0.751. The number of ether oxygens (including phenoxy) is 1. The molecule has 1 aliphatic rings. The number of fused-ring (bicyclic) bond motifs is 1. The minimum atomic E-state index is -0.132. The van der Waals surface area contributed by atoms with Gasteiger partial charge in [-0.1, -0.05) is 0 Å². The smallest absolute Gasteiger partial charge is 0.257 e. The molecule has 18 heavy (non-hydrogen) atoms. The summed E-state index contributed by atoms with van der Waals surface area (Å²) in [4.78, 5) is 16.0. The first-order valence-corrected chi connectivity index (χ1v) is 6.61. The molecular weight excluding hydrogens is 248 g/mol. The lowest BCUT2D eigenvalue weighted by molar-refractivity contribution is 0.102. The number of carbonyl (C=O) groups is 1. The molecule has 1 aromatic heterocycles. The SMILES string of the molecule is CC1Cc2cc(C(=O)Nc3nccs3)ccc2O1. The van der Waals surface area contributed by atoms with Gasteiger partial charge in [-0.05, 0) is 30.7 Å². The van der Waals surface area contributed by atoms with Crippen molar-refractivity contribution in [2.75, 3.05) is 5.32 Å². The molecule has 1 aromatic carbocycles. The highest BCUT2D eigenvalue weighted by molar-refractivity contribution is 7.13. The van der Waals surface area contributed by atoms with Crippen LogP contribution in [0.2, 0.25) is 0 Å². The molecule has 0 radical (unpaired) electrons. The summed E-state index contributed by atoms with van der Waals surface area (Å²) in [6.07, 6.45) is 2.71. The summed E-state index contributed by atoms with van der Waals surface area (Å²) in [5.41, 5.74) is 1.73. The van der Waals surface area contributed by atoms with E-state index in [-0.39, 0.29) is 12.0 Å². The maximum Gasteiger partial charge on any atom is 0.257 e. The zero-order valence-corrected chi connectivity index (χ0v) is 10.7. The topological polar surface area (TPSA) is 51.2 Å². The molecule has 5 heteroatoms. The van der Waals surface area contributed by atoms with Crippen LogP contribution in [0.15, 0.2) is 29.8 Å². The Morgan fingerprint density at radius 1 is 1.56 bits per heavy atom. The minimum Gasteiger partial charge on any atom is -0.490 e. The lowest BCUT2D eigenvalue weighted by Gasteiger charge is -2.04. The van der Waals surface area contributed by atoms with Crippen LogP contribution < -0.4 is 10.1 Å². The van der Waals surface area contributed by atoms with Crippen molar-refractivity contribution in [3.63, 3.8) is 0 Å². The molecule has 0 fully saturated rings. The van der Waals surface area contributed by atoms with Crippen molar-refractivity contribution in [1.29, 1.82) is 0 Å². The van der Waals surface area contributed by atoms with Gasteiger partial charge in [0.1, 0.15) is 11.9 Å². The maximum absolute atomic E-state index is 12.0. The van der Waals surface area contributed by atoms with E-state index < -0.39 is 0 Å². The number of rotatable bonds is 2. The van der Waals surface area contributed by atoms with Crippen molar-refractivity contribution < 1.29 is 9.53 Å². The van der Waals surface area contributed by atoms with Gasteiger partial charge in [0, 0.05) is 23.6 Å². The van der Waals surface area contributed by atoms with Crippen LogP contribution in [0.4, 0.5) is 5.13 Å². The highest BCUT2D eigenvalue weighted by atomic mass is 32.1. The first-order valence-electron chi connectivity index (χ1n) is 5.73. The molecule has 3 rings (SSSR count). The first-order chi connectivity index (χ1) is 8.72. The predicted octanol–water partition coefficient (Wildman–Crippen LogP) is 2.72. The van der Waals surface area contributed by atoms with Crippen molar-refractivity contribution in [3.8, 4) is 5.75 Å². The van der Waals surface area contributed by atoms with Gasteiger partial charge in [-0.2, -0.15) is 0 Å². The highest BCUT2D eigenvalue weighted by Gasteiger charge is 2.20. The summed E-state index contributed by atoms with van der Waals surface area (Å²) in [7, 11) is 0. The van der Waals surface area contributed by atoms with Crippen molar-refractivity contribution in [2.45, 2.75) is 19.4 Å². The van der Waals surface area contributed by atoms with E-state index in [0.717, 1.165) is 17.7 Å². The Labute approximate surface area is 109 Å².